The van der Waals surface area contributed by atoms with Gasteiger partial charge >= 0.3 is 12.1 Å². The van der Waals surface area contributed by atoms with Crippen LogP contribution in [0.3, 0.4) is 0 Å². The minimum absolute atomic E-state index is 0.220. The van der Waals surface area contributed by atoms with Crippen LogP contribution in [0.25, 0.3) is 0 Å². The standard InChI is InChI=1S/C39H54ClN3O11S/c1-22-10-9-11-29(48-7)27-19-30(52-38(47)41-27)23(2)36-39(4,54-36)32(20-34(45)43(6)28-17-25(16-22)18-31(49-8)35(28)40)53-37(46)24(3)42(5)33(44)13-15-55-26-12-14-50-51-21-26/h9-11,17-18,23-24,26-27,29-30,32,36H,12-16,19-21H2,1-8H3,(H,41,47)/b11-9+,22-10+/t23?,24-,26?,27?,29+,30-,32-,36-,39-/m0/s1. The monoisotopic (exact) mass is 807 g/mol. The summed E-state index contributed by atoms with van der Waals surface area (Å²) in [6.45, 7) is 8.24. The molecular weight excluding hydrogens is 754 g/mol. The quantitative estimate of drug-likeness (QED) is 0.202. The fraction of sp³-hybridized carbons (Fsp3) is 0.641. The number of benzene rings is 1. The zero-order chi connectivity index (χ0) is 40.0. The van der Waals surface area contributed by atoms with E-state index in [4.69, 9.17) is 45.1 Å². The highest BCUT2D eigenvalue weighted by Gasteiger charge is 2.64. The van der Waals surface area contributed by atoms with Crippen LogP contribution in [0.4, 0.5) is 10.5 Å². The summed E-state index contributed by atoms with van der Waals surface area (Å²) in [6, 6.07) is 2.32. The van der Waals surface area contributed by atoms with Gasteiger partial charge in [0.25, 0.3) is 0 Å². The van der Waals surface area contributed by atoms with Crippen LogP contribution >= 0.6 is 23.4 Å². The molecule has 3 amide bonds. The first-order valence-electron chi connectivity index (χ1n) is 18.6. The van der Waals surface area contributed by atoms with E-state index in [1.807, 2.05) is 44.2 Å². The molecule has 14 nitrogen and oxygen atoms in total. The number of anilines is 1. The number of carbonyl (C=O) groups excluding carboxylic acids is 4. The lowest BCUT2D eigenvalue weighted by atomic mass is 9.84. The van der Waals surface area contributed by atoms with Crippen molar-refractivity contribution >= 4 is 52.9 Å². The number of nitrogens with one attached hydrogen (secondary N) is 1. The molecule has 1 aromatic rings. The summed E-state index contributed by atoms with van der Waals surface area (Å²) < 4.78 is 29.6. The number of rotatable bonds is 9. The van der Waals surface area contributed by atoms with Crippen LogP contribution in [0, 0.1) is 5.92 Å². The normalized spacial score (nSPS) is 32.1. The van der Waals surface area contributed by atoms with Crippen molar-refractivity contribution in [2.24, 2.45) is 5.92 Å². The average Bonchev–Trinajstić information content (AvgIpc) is 3.87. The summed E-state index contributed by atoms with van der Waals surface area (Å²) in [4.78, 5) is 66.8. The van der Waals surface area contributed by atoms with Crippen LogP contribution in [0.15, 0.2) is 35.9 Å². The molecule has 4 bridgehead atoms. The Morgan fingerprint density at radius 3 is 2.67 bits per heavy atom. The van der Waals surface area contributed by atoms with Crippen molar-refractivity contribution in [3.8, 4) is 5.75 Å². The maximum Gasteiger partial charge on any atom is 0.407 e. The van der Waals surface area contributed by atoms with E-state index in [2.05, 4.69) is 5.32 Å². The first-order chi connectivity index (χ1) is 26.2. The van der Waals surface area contributed by atoms with Gasteiger partial charge in [-0.05, 0) is 51.3 Å². The van der Waals surface area contributed by atoms with E-state index in [0.29, 0.717) is 43.2 Å². The second-order valence-electron chi connectivity index (χ2n) is 14.8. The van der Waals surface area contributed by atoms with Gasteiger partial charge in [-0.3, -0.25) is 9.59 Å². The molecular formula is C39H54ClN3O11S. The molecule has 0 saturated carbocycles. The maximum atomic E-state index is 14.2. The number of methoxy groups -OCH3 is 2. The Morgan fingerprint density at radius 1 is 1.22 bits per heavy atom. The lowest BCUT2D eigenvalue weighted by molar-refractivity contribution is -0.310. The Labute approximate surface area is 332 Å². The topological polar surface area (TPSA) is 155 Å². The highest BCUT2D eigenvalue weighted by atomic mass is 35.5. The van der Waals surface area contributed by atoms with Gasteiger partial charge in [-0.2, -0.15) is 11.8 Å². The maximum absolute atomic E-state index is 14.2. The van der Waals surface area contributed by atoms with E-state index in [1.165, 1.54) is 16.9 Å². The second kappa shape index (κ2) is 18.7. The minimum Gasteiger partial charge on any atom is -0.495 e. The van der Waals surface area contributed by atoms with E-state index >= 15 is 0 Å². The fourth-order valence-corrected chi connectivity index (χ4v) is 8.59. The molecule has 0 aromatic heterocycles. The van der Waals surface area contributed by atoms with Crippen molar-refractivity contribution in [2.75, 3.05) is 52.2 Å². The third kappa shape index (κ3) is 10.3. The number of hydrogen-bond acceptors (Lipinski definition) is 12. The number of likely N-dealkylation sites (N-methyl/N-ethyl adjacent to an activating group) is 1. The first-order valence-corrected chi connectivity index (χ1v) is 20.1. The molecule has 3 fully saturated rings. The molecule has 0 radical (unpaired) electrons. The van der Waals surface area contributed by atoms with Crippen LogP contribution in [-0.2, 0) is 49.5 Å². The number of allylic oxidation sites excluding steroid dienone is 3. The summed E-state index contributed by atoms with van der Waals surface area (Å²) in [5.74, 6) is -0.688. The summed E-state index contributed by atoms with van der Waals surface area (Å²) in [7, 11) is 6.27. The Hall–Kier alpha value is -3.34. The predicted octanol–water partition coefficient (Wildman–Crippen LogP) is 5.04. The molecule has 5 rings (SSSR count). The fourth-order valence-electron chi connectivity index (χ4n) is 7.23. The third-order valence-corrected chi connectivity index (χ3v) is 12.6. The van der Waals surface area contributed by atoms with E-state index in [1.54, 1.807) is 46.8 Å². The van der Waals surface area contributed by atoms with Gasteiger partial charge in [-0.1, -0.05) is 42.3 Å². The highest BCUT2D eigenvalue weighted by Crippen LogP contribution is 2.49. The number of nitrogens with zero attached hydrogens (tertiary/aromatic N) is 2. The Bertz CT molecular complexity index is 1640. The van der Waals surface area contributed by atoms with Crippen LogP contribution in [0.2, 0.25) is 5.02 Å². The lowest BCUT2D eigenvalue weighted by Gasteiger charge is -2.36. The van der Waals surface area contributed by atoms with Gasteiger partial charge in [0, 0.05) is 51.0 Å². The molecule has 0 spiro atoms. The zero-order valence-corrected chi connectivity index (χ0v) is 34.4. The number of ether oxygens (including phenoxy) is 5. The molecule has 16 heteroatoms. The summed E-state index contributed by atoms with van der Waals surface area (Å²) >= 11 is 8.42. The summed E-state index contributed by atoms with van der Waals surface area (Å²) in [5.41, 5.74) is 1.17. The molecule has 3 saturated heterocycles. The van der Waals surface area contributed by atoms with Gasteiger partial charge in [0.1, 0.15) is 34.6 Å². The molecule has 4 aliphatic heterocycles. The van der Waals surface area contributed by atoms with E-state index in [9.17, 15) is 19.2 Å². The first kappa shape index (κ1) is 42.8. The number of epoxide rings is 1. The third-order valence-electron chi connectivity index (χ3n) is 11.0. The smallest absolute Gasteiger partial charge is 0.407 e. The van der Waals surface area contributed by atoms with Crippen LogP contribution in [0.5, 0.6) is 5.75 Å². The lowest BCUT2D eigenvalue weighted by Crippen LogP contribution is -2.53. The van der Waals surface area contributed by atoms with E-state index in [-0.39, 0.29) is 41.0 Å². The van der Waals surface area contributed by atoms with Crippen molar-refractivity contribution in [2.45, 2.75) is 107 Å². The molecule has 304 valence electrons. The number of halogens is 1. The van der Waals surface area contributed by atoms with Crippen LogP contribution < -0.4 is 15.0 Å². The Morgan fingerprint density at radius 2 is 1.98 bits per heavy atom. The van der Waals surface area contributed by atoms with Crippen molar-refractivity contribution in [1.29, 1.82) is 0 Å². The van der Waals surface area contributed by atoms with Crippen molar-refractivity contribution in [3.63, 3.8) is 0 Å². The highest BCUT2D eigenvalue weighted by molar-refractivity contribution is 7.99. The molecule has 4 heterocycles. The molecule has 55 heavy (non-hydrogen) atoms. The number of alkyl carbamates (subject to hydrolysis) is 1. The Kier molecular flexibility index (Phi) is 14.6. The van der Waals surface area contributed by atoms with Gasteiger partial charge in [-0.25, -0.2) is 19.4 Å². The summed E-state index contributed by atoms with van der Waals surface area (Å²) in [6.07, 6.45) is 4.30. The molecule has 0 aliphatic carbocycles. The molecule has 1 aromatic carbocycles. The number of carbonyl (C=O) groups is 4. The van der Waals surface area contributed by atoms with Crippen molar-refractivity contribution in [1.82, 2.24) is 10.2 Å². The number of hydrogen-bond donors (Lipinski definition) is 1. The number of fused-ring (bicyclic) bond motifs is 5. The van der Waals surface area contributed by atoms with Gasteiger partial charge in [0.05, 0.1) is 50.7 Å². The molecule has 1 N–H and O–H groups in total. The number of esters is 1. The van der Waals surface area contributed by atoms with E-state index in [0.717, 1.165) is 17.6 Å². The summed E-state index contributed by atoms with van der Waals surface area (Å²) in [5, 5.41) is 3.38. The van der Waals surface area contributed by atoms with Crippen LogP contribution in [0.1, 0.15) is 58.9 Å². The van der Waals surface area contributed by atoms with Gasteiger partial charge in [0.2, 0.25) is 11.8 Å². The molecule has 4 aliphatic rings. The average molecular weight is 808 g/mol. The predicted molar refractivity (Wildman–Crippen MR) is 207 cm³/mol. The molecule has 3 unspecified atom stereocenters. The SMILES string of the molecule is COc1cc2cc(c1Cl)N(C)C(=O)C[C@H](OC(=O)[C@H](C)N(C)C(=O)CCSC1CCOOC1)[C@]1(C)O[C@H]1C(C)[C@@H]1CC(NC(=O)O1)[C@H](OC)/C=C/C=C(\C)C2. The van der Waals surface area contributed by atoms with E-state index < -0.39 is 54.0 Å². The largest absolute Gasteiger partial charge is 0.495 e. The van der Waals surface area contributed by atoms with Crippen molar-refractivity contribution < 1.29 is 52.6 Å². The zero-order valence-electron chi connectivity index (χ0n) is 32.8. The second-order valence-corrected chi connectivity index (χ2v) is 16.6. The van der Waals surface area contributed by atoms with Crippen molar-refractivity contribution in [3.05, 3.63) is 46.5 Å². The minimum atomic E-state index is -1.13. The molecule has 9 atom stereocenters. The van der Waals surface area contributed by atoms with Gasteiger partial charge < -0.3 is 38.8 Å². The van der Waals surface area contributed by atoms with Gasteiger partial charge in [-0.15, -0.1) is 0 Å². The van der Waals surface area contributed by atoms with Crippen LogP contribution in [-0.4, -0.2) is 123 Å². The number of amides is 3. The number of thioether (sulfide) groups is 1. The Balaban J connectivity index is 1.42. The van der Waals surface area contributed by atoms with Gasteiger partial charge in [0.15, 0.2) is 0 Å².